The van der Waals surface area contributed by atoms with Crippen molar-refractivity contribution in [3.8, 4) is 0 Å². The lowest BCUT2D eigenvalue weighted by atomic mass is 10.1. The first-order chi connectivity index (χ1) is 9.51. The summed E-state index contributed by atoms with van der Waals surface area (Å²) < 4.78 is 47.8. The van der Waals surface area contributed by atoms with Gasteiger partial charge in [0.2, 0.25) is 15.9 Å². The highest BCUT2D eigenvalue weighted by Crippen LogP contribution is 2.19. The Hall–Kier alpha value is -0.670. The van der Waals surface area contributed by atoms with Crippen LogP contribution >= 0.6 is 0 Å². The van der Waals surface area contributed by atoms with Gasteiger partial charge in [-0.1, -0.05) is 13.8 Å². The molecule has 0 aromatic heterocycles. The topological polar surface area (TPSA) is 101 Å². The average molecular weight is 340 g/mol. The molecule has 0 aromatic rings. The van der Waals surface area contributed by atoms with E-state index >= 15 is 0 Å². The van der Waals surface area contributed by atoms with Gasteiger partial charge in [0, 0.05) is 25.6 Å². The lowest BCUT2D eigenvalue weighted by molar-refractivity contribution is -0.121. The zero-order valence-electron chi connectivity index (χ0n) is 12.7. The van der Waals surface area contributed by atoms with Gasteiger partial charge in [0.05, 0.1) is 17.8 Å². The number of carbonyl (C=O) groups excluding carboxylic acids is 1. The Morgan fingerprint density at radius 2 is 2.00 bits per heavy atom. The van der Waals surface area contributed by atoms with Gasteiger partial charge in [-0.2, -0.15) is 4.31 Å². The van der Waals surface area contributed by atoms with E-state index in [-0.39, 0.29) is 36.4 Å². The van der Waals surface area contributed by atoms with Crippen LogP contribution in [0.2, 0.25) is 0 Å². The third-order valence-corrected chi connectivity index (χ3v) is 6.37. The molecule has 0 aliphatic carbocycles. The molecule has 0 saturated carbocycles. The van der Waals surface area contributed by atoms with Crippen molar-refractivity contribution in [1.29, 1.82) is 0 Å². The normalized spacial score (nSPS) is 21.9. The van der Waals surface area contributed by atoms with Crippen LogP contribution in [0.15, 0.2) is 0 Å². The van der Waals surface area contributed by atoms with Gasteiger partial charge in [-0.3, -0.25) is 4.79 Å². The Labute approximate surface area is 127 Å². The van der Waals surface area contributed by atoms with Gasteiger partial charge in [0.15, 0.2) is 9.84 Å². The van der Waals surface area contributed by atoms with Gasteiger partial charge < -0.3 is 5.32 Å². The van der Waals surface area contributed by atoms with E-state index in [9.17, 15) is 21.6 Å². The van der Waals surface area contributed by atoms with E-state index in [2.05, 4.69) is 5.32 Å². The number of carbonyl (C=O) groups is 1. The molecule has 0 aromatic carbocycles. The Kier molecular flexibility index (Phi) is 6.18. The quantitative estimate of drug-likeness (QED) is 0.679. The van der Waals surface area contributed by atoms with Crippen molar-refractivity contribution < 1.29 is 21.6 Å². The summed E-state index contributed by atoms with van der Waals surface area (Å²) in [6, 6.07) is -0.521. The van der Waals surface area contributed by atoms with Crippen LogP contribution in [0.25, 0.3) is 0 Å². The molecule has 0 bridgehead atoms. The summed E-state index contributed by atoms with van der Waals surface area (Å²) in [6.45, 7) is 4.13. The minimum atomic E-state index is -3.50. The van der Waals surface area contributed by atoms with Gasteiger partial charge in [-0.15, -0.1) is 0 Å². The summed E-state index contributed by atoms with van der Waals surface area (Å²) in [6.07, 6.45) is 1.76. The summed E-state index contributed by atoms with van der Waals surface area (Å²) in [5.74, 6) is -0.0165. The highest BCUT2D eigenvalue weighted by atomic mass is 32.2. The molecule has 1 aliphatic heterocycles. The molecule has 1 rings (SSSR count). The molecule has 1 unspecified atom stereocenters. The van der Waals surface area contributed by atoms with E-state index in [0.717, 1.165) is 6.26 Å². The molecule has 9 heteroatoms. The maximum Gasteiger partial charge on any atom is 0.220 e. The van der Waals surface area contributed by atoms with Crippen molar-refractivity contribution in [2.24, 2.45) is 5.92 Å². The molecule has 124 valence electrons. The van der Waals surface area contributed by atoms with Crippen LogP contribution in [0.3, 0.4) is 0 Å². The van der Waals surface area contributed by atoms with E-state index in [0.29, 0.717) is 12.8 Å². The lowest BCUT2D eigenvalue weighted by Crippen LogP contribution is -2.44. The monoisotopic (exact) mass is 340 g/mol. The average Bonchev–Trinajstić information content (AvgIpc) is 2.62. The lowest BCUT2D eigenvalue weighted by Gasteiger charge is -2.25. The van der Waals surface area contributed by atoms with Crippen LogP contribution in [0, 0.1) is 5.92 Å². The van der Waals surface area contributed by atoms with Crippen LogP contribution in [0.4, 0.5) is 0 Å². The maximum absolute atomic E-state index is 11.8. The van der Waals surface area contributed by atoms with Gasteiger partial charge in [0.25, 0.3) is 0 Å². The van der Waals surface area contributed by atoms with Crippen LogP contribution in [-0.4, -0.2) is 63.9 Å². The maximum atomic E-state index is 11.8. The van der Waals surface area contributed by atoms with E-state index in [4.69, 9.17) is 0 Å². The molecule has 1 heterocycles. The van der Waals surface area contributed by atoms with E-state index in [1.807, 2.05) is 13.8 Å². The molecule has 1 saturated heterocycles. The predicted octanol–water partition coefficient (Wildman–Crippen LogP) is -0.403. The Morgan fingerprint density at radius 1 is 1.38 bits per heavy atom. The second kappa shape index (κ2) is 7.06. The highest BCUT2D eigenvalue weighted by molar-refractivity contribution is 7.92. The standard InChI is InChI=1S/C12H24N2O5S2/c1-10(2)8-12(15)13-5-6-14(20(3,16)17)11-4-7-21(18,19)9-11/h10-11H,4-9H2,1-3H3,(H,13,15). The zero-order valence-corrected chi connectivity index (χ0v) is 14.3. The third kappa shape index (κ3) is 6.31. The number of rotatable bonds is 7. The zero-order chi connectivity index (χ0) is 16.3. The summed E-state index contributed by atoms with van der Waals surface area (Å²) in [7, 11) is -6.65. The Bertz CT molecular complexity index is 568. The highest BCUT2D eigenvalue weighted by Gasteiger charge is 2.36. The molecular formula is C12H24N2O5S2. The van der Waals surface area contributed by atoms with Crippen LogP contribution in [0.1, 0.15) is 26.7 Å². The van der Waals surface area contributed by atoms with Crippen LogP contribution in [0.5, 0.6) is 0 Å². The van der Waals surface area contributed by atoms with E-state index < -0.39 is 25.9 Å². The Morgan fingerprint density at radius 3 is 2.43 bits per heavy atom. The van der Waals surface area contributed by atoms with E-state index in [1.54, 1.807) is 0 Å². The summed E-state index contributed by atoms with van der Waals surface area (Å²) in [4.78, 5) is 11.5. The van der Waals surface area contributed by atoms with Crippen molar-refractivity contribution in [1.82, 2.24) is 9.62 Å². The number of nitrogens with zero attached hydrogens (tertiary/aromatic N) is 1. The molecule has 1 aliphatic rings. The molecule has 21 heavy (non-hydrogen) atoms. The molecule has 7 nitrogen and oxygen atoms in total. The molecule has 1 amide bonds. The van der Waals surface area contributed by atoms with Crippen molar-refractivity contribution in [3.63, 3.8) is 0 Å². The molecule has 0 radical (unpaired) electrons. The van der Waals surface area contributed by atoms with Crippen molar-refractivity contribution in [2.75, 3.05) is 30.9 Å². The van der Waals surface area contributed by atoms with Crippen molar-refractivity contribution in [3.05, 3.63) is 0 Å². The first-order valence-electron chi connectivity index (χ1n) is 6.95. The van der Waals surface area contributed by atoms with Crippen molar-refractivity contribution >= 4 is 25.8 Å². The van der Waals surface area contributed by atoms with Gasteiger partial charge in [-0.05, 0) is 12.3 Å². The van der Waals surface area contributed by atoms with E-state index in [1.165, 1.54) is 4.31 Å². The summed E-state index contributed by atoms with van der Waals surface area (Å²) in [5.41, 5.74) is 0. The van der Waals surface area contributed by atoms with Crippen LogP contribution in [-0.2, 0) is 24.7 Å². The number of nitrogens with one attached hydrogen (secondary N) is 1. The number of hydrogen-bond acceptors (Lipinski definition) is 5. The molecular weight excluding hydrogens is 316 g/mol. The third-order valence-electron chi connectivity index (χ3n) is 3.29. The molecule has 0 spiro atoms. The van der Waals surface area contributed by atoms with Crippen LogP contribution < -0.4 is 5.32 Å². The first-order valence-corrected chi connectivity index (χ1v) is 10.6. The number of sulfonamides is 1. The fraction of sp³-hybridized carbons (Fsp3) is 0.917. The first kappa shape index (κ1) is 18.4. The fourth-order valence-electron chi connectivity index (χ4n) is 2.37. The number of amides is 1. The SMILES string of the molecule is CC(C)CC(=O)NCCN(C1CCS(=O)(=O)C1)S(C)(=O)=O. The van der Waals surface area contributed by atoms with Gasteiger partial charge in [0.1, 0.15) is 0 Å². The predicted molar refractivity (Wildman–Crippen MR) is 81.1 cm³/mol. The minimum Gasteiger partial charge on any atom is -0.355 e. The number of hydrogen-bond donors (Lipinski definition) is 1. The minimum absolute atomic E-state index is 0.0173. The molecule has 1 fully saturated rings. The summed E-state index contributed by atoms with van der Waals surface area (Å²) in [5, 5.41) is 2.67. The fourth-order valence-corrected chi connectivity index (χ4v) is 5.34. The number of sulfone groups is 1. The molecule has 1 N–H and O–H groups in total. The van der Waals surface area contributed by atoms with Gasteiger partial charge >= 0.3 is 0 Å². The summed E-state index contributed by atoms with van der Waals surface area (Å²) >= 11 is 0. The smallest absolute Gasteiger partial charge is 0.220 e. The second-order valence-electron chi connectivity index (χ2n) is 5.88. The van der Waals surface area contributed by atoms with Crippen molar-refractivity contribution in [2.45, 2.75) is 32.7 Å². The largest absolute Gasteiger partial charge is 0.355 e. The Balaban J connectivity index is 2.59. The van der Waals surface area contributed by atoms with Gasteiger partial charge in [-0.25, -0.2) is 16.8 Å². The second-order valence-corrected chi connectivity index (χ2v) is 10.0. The molecule has 1 atom stereocenters.